The predicted octanol–water partition coefficient (Wildman–Crippen LogP) is 2.40. The number of nitrogens with zero attached hydrogens (tertiary/aromatic N) is 1. The van der Waals surface area contributed by atoms with Crippen molar-refractivity contribution >= 4 is 0 Å². The molecule has 0 aliphatic heterocycles. The number of hydrogen-bond acceptors (Lipinski definition) is 2. The lowest BCUT2D eigenvalue weighted by molar-refractivity contribution is 0.232. The largest absolute Gasteiger partial charge is 0.324 e. The van der Waals surface area contributed by atoms with E-state index in [1.807, 2.05) is 0 Å². The average Bonchev–Trinajstić information content (AvgIpc) is 2.01. The van der Waals surface area contributed by atoms with Gasteiger partial charge in [0.25, 0.3) is 0 Å². The van der Waals surface area contributed by atoms with Crippen LogP contribution in [0.1, 0.15) is 40.5 Å². The number of nitrogens with two attached hydrogens (primary N) is 1. The molecule has 0 aromatic rings. The highest BCUT2D eigenvalue weighted by atomic mass is 15.1. The van der Waals surface area contributed by atoms with E-state index in [4.69, 9.17) is 5.73 Å². The first-order chi connectivity index (χ1) is 6.41. The van der Waals surface area contributed by atoms with E-state index in [1.165, 1.54) is 5.57 Å². The van der Waals surface area contributed by atoms with E-state index in [9.17, 15) is 0 Å². The molecule has 0 fully saturated rings. The minimum atomic E-state index is -0.0553. The third kappa shape index (κ3) is 6.17. The van der Waals surface area contributed by atoms with Gasteiger partial charge in [0.2, 0.25) is 0 Å². The number of likely N-dealkylation sites (N-methyl/N-ethyl adjacent to an activating group) is 1. The second-order valence-corrected chi connectivity index (χ2v) is 4.66. The Morgan fingerprint density at radius 1 is 1.43 bits per heavy atom. The molecule has 0 rings (SSSR count). The van der Waals surface area contributed by atoms with Crippen LogP contribution in [-0.4, -0.2) is 30.1 Å². The van der Waals surface area contributed by atoms with Gasteiger partial charge in [-0.3, -0.25) is 4.90 Å². The maximum absolute atomic E-state index is 6.21. The summed E-state index contributed by atoms with van der Waals surface area (Å²) >= 11 is 0. The van der Waals surface area contributed by atoms with E-state index >= 15 is 0 Å². The molecular weight excluding hydrogens is 172 g/mol. The van der Waals surface area contributed by atoms with Crippen LogP contribution >= 0.6 is 0 Å². The minimum Gasteiger partial charge on any atom is -0.324 e. The molecule has 14 heavy (non-hydrogen) atoms. The fourth-order valence-electron chi connectivity index (χ4n) is 1.82. The van der Waals surface area contributed by atoms with Crippen LogP contribution in [0, 0.1) is 0 Å². The SMILES string of the molecule is C=C(C)CN(CC)CC(C)(N)CCC. The molecule has 2 nitrogen and oxygen atoms in total. The fourth-order valence-corrected chi connectivity index (χ4v) is 1.82. The summed E-state index contributed by atoms with van der Waals surface area (Å²) in [5, 5.41) is 0. The second kappa shape index (κ2) is 6.20. The van der Waals surface area contributed by atoms with Gasteiger partial charge in [-0.2, -0.15) is 0 Å². The van der Waals surface area contributed by atoms with Crippen LogP contribution in [-0.2, 0) is 0 Å². The van der Waals surface area contributed by atoms with E-state index in [1.54, 1.807) is 0 Å². The third-order valence-electron chi connectivity index (χ3n) is 2.35. The van der Waals surface area contributed by atoms with Gasteiger partial charge in [0, 0.05) is 18.6 Å². The van der Waals surface area contributed by atoms with Crippen LogP contribution in [0.25, 0.3) is 0 Å². The molecule has 0 radical (unpaired) electrons. The summed E-state index contributed by atoms with van der Waals surface area (Å²) in [6.07, 6.45) is 2.23. The number of rotatable bonds is 7. The molecule has 0 saturated carbocycles. The molecule has 0 aromatic carbocycles. The summed E-state index contributed by atoms with van der Waals surface area (Å²) in [6.45, 7) is 15.5. The van der Waals surface area contributed by atoms with Gasteiger partial charge in [0.1, 0.15) is 0 Å². The Kier molecular flexibility index (Phi) is 6.05. The Labute approximate surface area is 89.2 Å². The molecule has 1 unspecified atom stereocenters. The molecule has 1 atom stereocenters. The quantitative estimate of drug-likeness (QED) is 0.637. The predicted molar refractivity (Wildman–Crippen MR) is 64.4 cm³/mol. The molecule has 0 aliphatic rings. The van der Waals surface area contributed by atoms with Crippen molar-refractivity contribution in [2.45, 2.75) is 46.1 Å². The molecule has 2 N–H and O–H groups in total. The molecule has 84 valence electrons. The Morgan fingerprint density at radius 3 is 2.36 bits per heavy atom. The van der Waals surface area contributed by atoms with Crippen molar-refractivity contribution in [1.29, 1.82) is 0 Å². The standard InChI is InChI=1S/C12H26N2/c1-6-8-12(5,13)10-14(7-2)9-11(3)4/h3,6-10,13H2,1-2,4-5H3. The zero-order valence-electron chi connectivity index (χ0n) is 10.3. The molecule has 0 bridgehead atoms. The second-order valence-electron chi connectivity index (χ2n) is 4.66. The molecule has 2 heteroatoms. The summed E-state index contributed by atoms with van der Waals surface area (Å²) in [7, 11) is 0. The first-order valence-corrected chi connectivity index (χ1v) is 5.57. The molecule has 0 spiro atoms. The number of hydrogen-bond donors (Lipinski definition) is 1. The Morgan fingerprint density at radius 2 is 2.00 bits per heavy atom. The van der Waals surface area contributed by atoms with Crippen molar-refractivity contribution in [1.82, 2.24) is 4.90 Å². The van der Waals surface area contributed by atoms with Crippen LogP contribution in [0.15, 0.2) is 12.2 Å². The zero-order valence-corrected chi connectivity index (χ0v) is 10.3. The van der Waals surface area contributed by atoms with E-state index < -0.39 is 0 Å². The van der Waals surface area contributed by atoms with Crippen molar-refractivity contribution in [2.24, 2.45) is 5.73 Å². The zero-order chi connectivity index (χ0) is 11.2. The van der Waals surface area contributed by atoms with Crippen molar-refractivity contribution < 1.29 is 0 Å². The first-order valence-electron chi connectivity index (χ1n) is 5.57. The van der Waals surface area contributed by atoms with Gasteiger partial charge in [-0.1, -0.05) is 32.4 Å². The Balaban J connectivity index is 4.08. The van der Waals surface area contributed by atoms with Gasteiger partial charge in [-0.25, -0.2) is 0 Å². The normalized spacial score (nSPS) is 15.6. The third-order valence-corrected chi connectivity index (χ3v) is 2.35. The lowest BCUT2D eigenvalue weighted by Crippen LogP contribution is -2.48. The molecule has 0 amide bonds. The summed E-state index contributed by atoms with van der Waals surface area (Å²) < 4.78 is 0. The molecule has 0 aliphatic carbocycles. The monoisotopic (exact) mass is 198 g/mol. The highest BCUT2D eigenvalue weighted by molar-refractivity contribution is 4.93. The summed E-state index contributed by atoms with van der Waals surface area (Å²) in [4.78, 5) is 2.36. The van der Waals surface area contributed by atoms with E-state index in [0.717, 1.165) is 32.5 Å². The van der Waals surface area contributed by atoms with Crippen LogP contribution < -0.4 is 5.73 Å². The summed E-state index contributed by atoms with van der Waals surface area (Å²) in [6, 6.07) is 0. The van der Waals surface area contributed by atoms with Crippen molar-refractivity contribution in [3.05, 3.63) is 12.2 Å². The summed E-state index contributed by atoms with van der Waals surface area (Å²) in [5.41, 5.74) is 7.36. The van der Waals surface area contributed by atoms with Gasteiger partial charge in [0.05, 0.1) is 0 Å². The first kappa shape index (κ1) is 13.7. The van der Waals surface area contributed by atoms with Crippen LogP contribution in [0.2, 0.25) is 0 Å². The molecular formula is C12H26N2. The van der Waals surface area contributed by atoms with Crippen molar-refractivity contribution in [3.63, 3.8) is 0 Å². The summed E-state index contributed by atoms with van der Waals surface area (Å²) in [5.74, 6) is 0. The Hall–Kier alpha value is -0.340. The van der Waals surface area contributed by atoms with E-state index in [-0.39, 0.29) is 5.54 Å². The maximum Gasteiger partial charge on any atom is 0.0254 e. The lowest BCUT2D eigenvalue weighted by atomic mass is 9.97. The lowest BCUT2D eigenvalue weighted by Gasteiger charge is -2.31. The fraction of sp³-hybridized carbons (Fsp3) is 0.833. The molecule has 0 saturated heterocycles. The highest BCUT2D eigenvalue weighted by Gasteiger charge is 2.20. The van der Waals surface area contributed by atoms with Crippen LogP contribution in [0.3, 0.4) is 0 Å². The van der Waals surface area contributed by atoms with Crippen LogP contribution in [0.4, 0.5) is 0 Å². The van der Waals surface area contributed by atoms with E-state index in [2.05, 4.69) is 39.2 Å². The highest BCUT2D eigenvalue weighted by Crippen LogP contribution is 2.11. The van der Waals surface area contributed by atoms with Crippen LogP contribution in [0.5, 0.6) is 0 Å². The Bertz CT molecular complexity index is 173. The van der Waals surface area contributed by atoms with Gasteiger partial charge in [-0.15, -0.1) is 0 Å². The average molecular weight is 198 g/mol. The van der Waals surface area contributed by atoms with E-state index in [0.29, 0.717) is 0 Å². The molecule has 0 aromatic heterocycles. The van der Waals surface area contributed by atoms with Gasteiger partial charge < -0.3 is 5.73 Å². The topological polar surface area (TPSA) is 29.3 Å². The van der Waals surface area contributed by atoms with Gasteiger partial charge in [-0.05, 0) is 26.8 Å². The minimum absolute atomic E-state index is 0.0553. The smallest absolute Gasteiger partial charge is 0.0254 e. The van der Waals surface area contributed by atoms with Crippen molar-refractivity contribution in [2.75, 3.05) is 19.6 Å². The molecule has 0 heterocycles. The maximum atomic E-state index is 6.21. The van der Waals surface area contributed by atoms with Gasteiger partial charge >= 0.3 is 0 Å². The van der Waals surface area contributed by atoms with Gasteiger partial charge in [0.15, 0.2) is 0 Å². The van der Waals surface area contributed by atoms with Crippen molar-refractivity contribution in [3.8, 4) is 0 Å².